The Balaban J connectivity index is 2.83. The molecule has 0 fully saturated rings. The Bertz CT molecular complexity index is 692. The third-order valence-electron chi connectivity index (χ3n) is 4.48. The van der Waals surface area contributed by atoms with Crippen LogP contribution in [0, 0.1) is 0 Å². The van der Waals surface area contributed by atoms with Gasteiger partial charge in [0, 0.05) is 43.8 Å². The lowest BCUT2D eigenvalue weighted by Crippen LogP contribution is -2.42. The van der Waals surface area contributed by atoms with Crippen molar-refractivity contribution in [1.29, 1.82) is 0 Å². The van der Waals surface area contributed by atoms with Gasteiger partial charge in [0.1, 0.15) is 0 Å². The molecule has 0 spiro atoms. The van der Waals surface area contributed by atoms with Crippen molar-refractivity contribution in [2.75, 3.05) is 20.1 Å². The van der Waals surface area contributed by atoms with E-state index in [9.17, 15) is 13.2 Å². The van der Waals surface area contributed by atoms with Crippen molar-refractivity contribution in [3.05, 3.63) is 29.8 Å². The highest BCUT2D eigenvalue weighted by molar-refractivity contribution is 7.89. The summed E-state index contributed by atoms with van der Waals surface area (Å²) < 4.78 is 26.5. The summed E-state index contributed by atoms with van der Waals surface area (Å²) in [6, 6.07) is 6.82. The van der Waals surface area contributed by atoms with Crippen molar-refractivity contribution < 1.29 is 13.2 Å². The number of carbonyl (C=O) groups excluding carboxylic acids is 1. The first-order chi connectivity index (χ1) is 12.0. The Morgan fingerprint density at radius 1 is 1.04 bits per heavy atom. The van der Waals surface area contributed by atoms with Gasteiger partial charge in [0.25, 0.3) is 5.91 Å². The molecule has 1 N–H and O–H groups in total. The summed E-state index contributed by atoms with van der Waals surface area (Å²) in [5.74, 6) is -0.262. The maximum absolute atomic E-state index is 12.6. The molecule has 1 aromatic carbocycles. The van der Waals surface area contributed by atoms with Gasteiger partial charge >= 0.3 is 0 Å². The number of benzene rings is 1. The predicted molar refractivity (Wildman–Crippen MR) is 106 cm³/mol. The van der Waals surface area contributed by atoms with Crippen LogP contribution in [0.3, 0.4) is 0 Å². The molecule has 148 valence electrons. The summed E-state index contributed by atoms with van der Waals surface area (Å²) in [6.45, 7) is 13.4. The van der Waals surface area contributed by atoms with Gasteiger partial charge in [0.2, 0.25) is 10.0 Å². The smallest absolute Gasteiger partial charge is 0.251 e. The van der Waals surface area contributed by atoms with Gasteiger partial charge in [-0.15, -0.1) is 0 Å². The fraction of sp³-hybridized carbons (Fsp3) is 0.632. The normalized spacial score (nSPS) is 12.6. The summed E-state index contributed by atoms with van der Waals surface area (Å²) in [5.41, 5.74) is 0.351. The quantitative estimate of drug-likeness (QED) is 0.711. The van der Waals surface area contributed by atoms with Crippen LogP contribution in [-0.2, 0) is 10.0 Å². The molecule has 1 aromatic rings. The highest BCUT2D eigenvalue weighted by atomic mass is 32.2. The van der Waals surface area contributed by atoms with Crippen LogP contribution < -0.4 is 5.32 Å². The molecule has 0 heterocycles. The predicted octanol–water partition coefficient (Wildman–Crippen LogP) is 2.56. The molecular formula is C19H33N3O3S. The number of carbonyl (C=O) groups is 1. The molecule has 7 heteroatoms. The molecule has 0 aliphatic rings. The second-order valence-electron chi connectivity index (χ2n) is 7.32. The van der Waals surface area contributed by atoms with Crippen molar-refractivity contribution in [3.63, 3.8) is 0 Å². The topological polar surface area (TPSA) is 69.7 Å². The highest BCUT2D eigenvalue weighted by Crippen LogP contribution is 2.17. The molecule has 0 aliphatic carbocycles. The Labute approximate surface area is 158 Å². The average molecular weight is 384 g/mol. The number of hydrogen-bond donors (Lipinski definition) is 1. The molecule has 0 bridgehead atoms. The first-order valence-electron chi connectivity index (χ1n) is 9.10. The van der Waals surface area contributed by atoms with Gasteiger partial charge in [-0.1, -0.05) is 6.07 Å². The lowest BCUT2D eigenvalue weighted by atomic mass is 10.2. The van der Waals surface area contributed by atoms with E-state index in [0.717, 1.165) is 6.54 Å². The molecule has 0 unspecified atom stereocenters. The minimum atomic E-state index is -3.61. The first kappa shape index (κ1) is 22.6. The molecule has 0 atom stereocenters. The molecule has 6 nitrogen and oxygen atoms in total. The minimum absolute atomic E-state index is 0.132. The van der Waals surface area contributed by atoms with Gasteiger partial charge < -0.3 is 5.32 Å². The van der Waals surface area contributed by atoms with Gasteiger partial charge in [0.15, 0.2) is 0 Å². The summed E-state index contributed by atoms with van der Waals surface area (Å²) in [4.78, 5) is 14.8. The number of hydrogen-bond acceptors (Lipinski definition) is 4. The van der Waals surface area contributed by atoms with Gasteiger partial charge in [-0.05, 0) is 59.7 Å². The van der Waals surface area contributed by atoms with Crippen LogP contribution in [0.2, 0.25) is 0 Å². The number of nitrogens with one attached hydrogen (secondary N) is 1. The third-order valence-corrected chi connectivity index (χ3v) is 6.51. The number of nitrogens with zero attached hydrogens (tertiary/aromatic N) is 2. The van der Waals surface area contributed by atoms with Crippen LogP contribution in [0.25, 0.3) is 0 Å². The molecule has 0 saturated carbocycles. The van der Waals surface area contributed by atoms with E-state index in [0.29, 0.717) is 24.2 Å². The minimum Gasteiger partial charge on any atom is -0.351 e. The fourth-order valence-electron chi connectivity index (χ4n) is 2.75. The van der Waals surface area contributed by atoms with Crippen molar-refractivity contribution >= 4 is 15.9 Å². The van der Waals surface area contributed by atoms with Gasteiger partial charge in [-0.25, -0.2) is 8.42 Å². The van der Waals surface area contributed by atoms with Crippen LogP contribution in [0.1, 0.15) is 51.9 Å². The Morgan fingerprint density at radius 2 is 1.62 bits per heavy atom. The first-order valence-corrected chi connectivity index (χ1v) is 10.5. The molecule has 26 heavy (non-hydrogen) atoms. The van der Waals surface area contributed by atoms with E-state index < -0.39 is 10.0 Å². The van der Waals surface area contributed by atoms with Crippen LogP contribution in [0.15, 0.2) is 29.2 Å². The van der Waals surface area contributed by atoms with Gasteiger partial charge in [0.05, 0.1) is 4.90 Å². The van der Waals surface area contributed by atoms with Crippen LogP contribution in [-0.4, -0.2) is 61.8 Å². The van der Waals surface area contributed by atoms with Crippen LogP contribution in [0.4, 0.5) is 0 Å². The van der Waals surface area contributed by atoms with Crippen molar-refractivity contribution in [1.82, 2.24) is 14.5 Å². The van der Waals surface area contributed by atoms with Gasteiger partial charge in [-0.3, -0.25) is 9.69 Å². The maximum atomic E-state index is 12.6. The monoisotopic (exact) mass is 383 g/mol. The van der Waals surface area contributed by atoms with Crippen molar-refractivity contribution in [3.8, 4) is 0 Å². The summed E-state index contributed by atoms with van der Waals surface area (Å²) in [5, 5.41) is 2.88. The lowest BCUT2D eigenvalue weighted by Gasteiger charge is -2.30. The summed E-state index contributed by atoms with van der Waals surface area (Å²) in [6.07, 6.45) is 0. The molecule has 1 rings (SSSR count). The lowest BCUT2D eigenvalue weighted by molar-refractivity contribution is 0.0939. The van der Waals surface area contributed by atoms with E-state index in [1.807, 2.05) is 13.8 Å². The zero-order valence-corrected chi connectivity index (χ0v) is 17.8. The average Bonchev–Trinajstić information content (AvgIpc) is 2.56. The van der Waals surface area contributed by atoms with Crippen molar-refractivity contribution in [2.45, 2.75) is 64.6 Å². The zero-order valence-electron chi connectivity index (χ0n) is 17.0. The Morgan fingerprint density at radius 3 is 2.12 bits per heavy atom. The number of sulfonamides is 1. The molecule has 0 aliphatic heterocycles. The summed E-state index contributed by atoms with van der Waals surface area (Å²) >= 11 is 0. The second-order valence-corrected chi connectivity index (χ2v) is 9.32. The van der Waals surface area contributed by atoms with Crippen LogP contribution >= 0.6 is 0 Å². The largest absolute Gasteiger partial charge is 0.351 e. The van der Waals surface area contributed by atoms with Crippen molar-refractivity contribution in [2.24, 2.45) is 0 Å². The molecule has 0 saturated heterocycles. The van der Waals surface area contributed by atoms with E-state index in [1.54, 1.807) is 19.2 Å². The fourth-order valence-corrected chi connectivity index (χ4v) is 4.17. The summed E-state index contributed by atoms with van der Waals surface area (Å²) in [7, 11) is -2.06. The number of rotatable bonds is 9. The standard InChI is InChI=1S/C19H33N3O3S/c1-14(2)21(7)26(24,25)18-10-8-9-17(13-18)19(23)20-11-12-22(15(3)4)16(5)6/h8-10,13-16H,11-12H2,1-7H3,(H,20,23). The molecule has 1 amide bonds. The van der Waals surface area contributed by atoms with E-state index >= 15 is 0 Å². The zero-order chi connectivity index (χ0) is 20.1. The molecule has 0 radical (unpaired) electrons. The van der Waals surface area contributed by atoms with Gasteiger partial charge in [-0.2, -0.15) is 4.31 Å². The molecule has 0 aromatic heterocycles. The molecular weight excluding hydrogens is 350 g/mol. The Hall–Kier alpha value is -1.44. The highest BCUT2D eigenvalue weighted by Gasteiger charge is 2.24. The number of amides is 1. The van der Waals surface area contributed by atoms with E-state index in [4.69, 9.17) is 0 Å². The second kappa shape index (κ2) is 9.48. The Kier molecular flexibility index (Phi) is 8.24. The maximum Gasteiger partial charge on any atom is 0.251 e. The van der Waals surface area contributed by atoms with E-state index in [-0.39, 0.29) is 16.8 Å². The third kappa shape index (κ3) is 5.79. The van der Waals surface area contributed by atoms with Crippen LogP contribution in [0.5, 0.6) is 0 Å². The SMILES string of the molecule is CC(C)N(CCNC(=O)c1cccc(S(=O)(=O)N(C)C(C)C)c1)C(C)C. The van der Waals surface area contributed by atoms with E-state index in [2.05, 4.69) is 37.9 Å². The van der Waals surface area contributed by atoms with E-state index in [1.165, 1.54) is 16.4 Å².